The molecule has 1 amide bonds. The van der Waals surface area contributed by atoms with Crippen LogP contribution < -0.4 is 5.32 Å². The summed E-state index contributed by atoms with van der Waals surface area (Å²) in [6.45, 7) is 1.86. The van der Waals surface area contributed by atoms with Crippen LogP contribution in [0.1, 0.15) is 64.7 Å². The van der Waals surface area contributed by atoms with E-state index in [0.717, 1.165) is 7.11 Å². The molecule has 2 rings (SSSR count). The van der Waals surface area contributed by atoms with Gasteiger partial charge in [-0.05, 0) is 37.5 Å². The van der Waals surface area contributed by atoms with Crippen molar-refractivity contribution in [3.63, 3.8) is 0 Å². The van der Waals surface area contributed by atoms with Crippen molar-refractivity contribution in [3.8, 4) is 0 Å². The van der Waals surface area contributed by atoms with E-state index in [1.807, 2.05) is 6.92 Å². The zero-order valence-corrected chi connectivity index (χ0v) is 20.3. The number of hydrogen-bond donors (Lipinski definition) is 1. The Morgan fingerprint density at radius 1 is 1.00 bits per heavy atom. The lowest BCUT2D eigenvalue weighted by Crippen LogP contribution is -2.47. The molecule has 2 fully saturated rings. The molecule has 10 nitrogen and oxygen atoms in total. The second-order valence-corrected chi connectivity index (χ2v) is 9.33. The summed E-state index contributed by atoms with van der Waals surface area (Å²) in [4.78, 5) is 73.2. The minimum absolute atomic E-state index is 0.0117. The smallest absolute Gasteiger partial charge is 0.328 e. The van der Waals surface area contributed by atoms with E-state index >= 15 is 0 Å². The molecule has 2 aliphatic rings. The van der Waals surface area contributed by atoms with Crippen LogP contribution >= 0.6 is 0 Å². The average Bonchev–Trinajstić information content (AvgIpc) is 3.10. The lowest BCUT2D eigenvalue weighted by molar-refractivity contribution is -0.150. The number of carbonyl (C=O) groups excluding carboxylic acids is 6. The second-order valence-electron chi connectivity index (χ2n) is 9.33. The van der Waals surface area contributed by atoms with Crippen LogP contribution in [0.15, 0.2) is 0 Å². The minimum atomic E-state index is -1.15. The highest BCUT2D eigenvalue weighted by Crippen LogP contribution is 2.55. The number of carbonyl (C=O) groups is 6. The van der Waals surface area contributed by atoms with Crippen molar-refractivity contribution in [2.75, 3.05) is 21.3 Å². The van der Waals surface area contributed by atoms with Gasteiger partial charge in [0.15, 0.2) is 0 Å². The van der Waals surface area contributed by atoms with Gasteiger partial charge in [0.25, 0.3) is 0 Å². The number of fused-ring (bicyclic) bond motifs is 1. The quantitative estimate of drug-likeness (QED) is 0.343. The summed E-state index contributed by atoms with van der Waals surface area (Å²) in [5.41, 5.74) is -0.687. The Kier molecular flexibility index (Phi) is 9.76. The van der Waals surface area contributed by atoms with E-state index in [9.17, 15) is 28.8 Å². The maximum Gasteiger partial charge on any atom is 0.328 e. The van der Waals surface area contributed by atoms with Gasteiger partial charge in [0.1, 0.15) is 17.6 Å². The third-order valence-electron chi connectivity index (χ3n) is 7.37. The highest BCUT2D eigenvalue weighted by molar-refractivity contribution is 5.95. The number of nitrogens with one attached hydrogen (secondary N) is 1. The van der Waals surface area contributed by atoms with Crippen LogP contribution in [0.3, 0.4) is 0 Å². The summed E-state index contributed by atoms with van der Waals surface area (Å²) < 4.78 is 13.9. The molecule has 34 heavy (non-hydrogen) atoms. The monoisotopic (exact) mass is 481 g/mol. The number of rotatable bonds is 11. The fourth-order valence-corrected chi connectivity index (χ4v) is 5.52. The van der Waals surface area contributed by atoms with Gasteiger partial charge in [-0.1, -0.05) is 6.92 Å². The van der Waals surface area contributed by atoms with Gasteiger partial charge in [0.05, 0.1) is 27.8 Å². The molecule has 5 atom stereocenters. The fraction of sp³-hybridized carbons (Fsp3) is 0.750. The summed E-state index contributed by atoms with van der Waals surface area (Å²) >= 11 is 0. The maximum absolute atomic E-state index is 13.1. The molecule has 0 spiro atoms. The van der Waals surface area contributed by atoms with Gasteiger partial charge in [-0.2, -0.15) is 0 Å². The van der Waals surface area contributed by atoms with Crippen LogP contribution in [0.2, 0.25) is 0 Å². The molecule has 0 heterocycles. The Morgan fingerprint density at radius 3 is 2.29 bits per heavy atom. The molecule has 0 aromatic rings. The van der Waals surface area contributed by atoms with Crippen molar-refractivity contribution in [2.45, 2.75) is 70.8 Å². The van der Waals surface area contributed by atoms with E-state index < -0.39 is 29.3 Å². The molecule has 0 unspecified atom stereocenters. The zero-order chi connectivity index (χ0) is 25.5. The van der Waals surface area contributed by atoms with E-state index in [4.69, 9.17) is 4.74 Å². The first-order chi connectivity index (χ1) is 16.1. The zero-order valence-electron chi connectivity index (χ0n) is 20.3. The molecular formula is C24H35NO9. The SMILES string of the molecule is COC(=O)CC[C@@H]1[C@@H](CCCC(=O)N[C@@H](CC(=O)OC)C(=O)OC)C(=O)C[C@]2(C)C(=O)CC[C@@H]12. The average molecular weight is 482 g/mol. The van der Waals surface area contributed by atoms with Crippen LogP contribution in [0.25, 0.3) is 0 Å². The molecular weight excluding hydrogens is 446 g/mol. The van der Waals surface area contributed by atoms with E-state index in [2.05, 4.69) is 14.8 Å². The maximum atomic E-state index is 13.1. The number of hydrogen-bond acceptors (Lipinski definition) is 9. The van der Waals surface area contributed by atoms with Gasteiger partial charge >= 0.3 is 17.9 Å². The summed E-state index contributed by atoms with van der Waals surface area (Å²) in [5.74, 6) is -2.61. The summed E-state index contributed by atoms with van der Waals surface area (Å²) in [6, 6.07) is -1.15. The molecule has 0 bridgehead atoms. The van der Waals surface area contributed by atoms with E-state index in [1.54, 1.807) is 0 Å². The van der Waals surface area contributed by atoms with Gasteiger partial charge in [-0.3, -0.25) is 24.0 Å². The number of esters is 3. The van der Waals surface area contributed by atoms with Crippen molar-refractivity contribution in [2.24, 2.45) is 23.2 Å². The van der Waals surface area contributed by atoms with Crippen molar-refractivity contribution < 1.29 is 43.0 Å². The molecule has 0 aromatic carbocycles. The third-order valence-corrected chi connectivity index (χ3v) is 7.37. The fourth-order valence-electron chi connectivity index (χ4n) is 5.52. The van der Waals surface area contributed by atoms with Crippen molar-refractivity contribution in [1.29, 1.82) is 0 Å². The second kappa shape index (κ2) is 12.1. The number of Topliss-reactive ketones (excluding diaryl/α,β-unsaturated/α-hetero) is 2. The lowest BCUT2D eigenvalue weighted by atomic mass is 9.58. The Balaban J connectivity index is 2.02. The highest BCUT2D eigenvalue weighted by Gasteiger charge is 2.56. The van der Waals surface area contributed by atoms with Gasteiger partial charge in [-0.25, -0.2) is 4.79 Å². The van der Waals surface area contributed by atoms with Gasteiger partial charge < -0.3 is 19.5 Å². The molecule has 2 saturated carbocycles. The standard InChI is InChI=1S/C24H35NO9/c1-24-13-18(26)15(14(8-11-21(29)32-2)16(24)9-10-19(24)27)6-5-7-20(28)25-17(23(31)34-4)12-22(30)33-3/h14-17H,5-13H2,1-4H3,(H,25,28)/t14-,15-,16+,17+,24+/m1/s1. The lowest BCUT2D eigenvalue weighted by Gasteiger charge is -2.44. The third kappa shape index (κ3) is 6.42. The molecule has 2 aliphatic carbocycles. The molecule has 0 aromatic heterocycles. The van der Waals surface area contributed by atoms with E-state index in [-0.39, 0.29) is 61.0 Å². The van der Waals surface area contributed by atoms with Gasteiger partial charge in [-0.15, -0.1) is 0 Å². The first-order valence-corrected chi connectivity index (χ1v) is 11.6. The topological polar surface area (TPSA) is 142 Å². The Morgan fingerprint density at radius 2 is 1.68 bits per heavy atom. The normalized spacial score (nSPS) is 26.9. The predicted octanol–water partition coefficient (Wildman–Crippen LogP) is 1.52. The van der Waals surface area contributed by atoms with Crippen LogP contribution in [-0.4, -0.2) is 62.8 Å². The molecule has 10 heteroatoms. The van der Waals surface area contributed by atoms with Crippen LogP contribution in [0.5, 0.6) is 0 Å². The molecule has 190 valence electrons. The largest absolute Gasteiger partial charge is 0.469 e. The Labute approximate surface area is 199 Å². The first-order valence-electron chi connectivity index (χ1n) is 11.6. The number of methoxy groups -OCH3 is 3. The van der Waals surface area contributed by atoms with Gasteiger partial charge in [0.2, 0.25) is 5.91 Å². The van der Waals surface area contributed by atoms with Crippen LogP contribution in [0, 0.1) is 23.2 Å². The number of amides is 1. The van der Waals surface area contributed by atoms with Crippen molar-refractivity contribution in [3.05, 3.63) is 0 Å². The van der Waals surface area contributed by atoms with Gasteiger partial charge in [0, 0.05) is 37.0 Å². The predicted molar refractivity (Wildman–Crippen MR) is 118 cm³/mol. The van der Waals surface area contributed by atoms with E-state index in [0.29, 0.717) is 32.1 Å². The molecule has 0 aliphatic heterocycles. The van der Waals surface area contributed by atoms with E-state index in [1.165, 1.54) is 14.2 Å². The number of ether oxygens (including phenoxy) is 3. The number of ketones is 2. The van der Waals surface area contributed by atoms with Crippen LogP contribution in [-0.2, 0) is 43.0 Å². The minimum Gasteiger partial charge on any atom is -0.469 e. The first kappa shape index (κ1) is 27.5. The van der Waals surface area contributed by atoms with Crippen LogP contribution in [0.4, 0.5) is 0 Å². The Bertz CT molecular complexity index is 823. The molecule has 1 N–H and O–H groups in total. The van der Waals surface area contributed by atoms with Crippen molar-refractivity contribution in [1.82, 2.24) is 5.32 Å². The summed E-state index contributed by atoms with van der Waals surface area (Å²) in [5, 5.41) is 2.48. The molecule has 0 radical (unpaired) electrons. The molecule has 0 saturated heterocycles. The van der Waals surface area contributed by atoms with Crippen molar-refractivity contribution >= 4 is 35.4 Å². The highest BCUT2D eigenvalue weighted by atomic mass is 16.5. The Hall–Kier alpha value is -2.78. The summed E-state index contributed by atoms with van der Waals surface area (Å²) in [7, 11) is 3.65. The summed E-state index contributed by atoms with van der Waals surface area (Å²) in [6.07, 6.45) is 2.44.